The molecule has 2 unspecified atom stereocenters. The summed E-state index contributed by atoms with van der Waals surface area (Å²) in [6, 6.07) is 19.9. The monoisotopic (exact) mass is 439 g/mol. The number of benzene rings is 2. The standard InChI is InChI=1S/C27H41N3O2/c1-6-23(22-15-11-8-12-16-22)26(32)28-18-25(31)24(17-21-13-9-7-10-14-21)29-19-27(2,3)20-30(4)5/h7-16,23-25,29,31H,6,17-20H2,1-5H3,(H,28,32)/t23?,24?,25-/m1/s1. The highest BCUT2D eigenvalue weighted by atomic mass is 16.3. The van der Waals surface area contributed by atoms with E-state index in [-0.39, 0.29) is 29.8 Å². The van der Waals surface area contributed by atoms with Crippen LogP contribution in [0.25, 0.3) is 0 Å². The highest BCUT2D eigenvalue weighted by Crippen LogP contribution is 2.19. The van der Waals surface area contributed by atoms with Crippen LogP contribution in [-0.2, 0) is 11.2 Å². The summed E-state index contributed by atoms with van der Waals surface area (Å²) in [6.45, 7) is 8.40. The molecule has 32 heavy (non-hydrogen) atoms. The molecule has 3 atom stereocenters. The molecule has 176 valence electrons. The number of aliphatic hydroxyl groups is 1. The molecule has 0 aromatic heterocycles. The Morgan fingerprint density at radius 1 is 1.03 bits per heavy atom. The first-order valence-corrected chi connectivity index (χ1v) is 11.6. The summed E-state index contributed by atoms with van der Waals surface area (Å²) in [5, 5.41) is 17.6. The van der Waals surface area contributed by atoms with Crippen molar-refractivity contribution < 1.29 is 9.90 Å². The van der Waals surface area contributed by atoms with Gasteiger partial charge in [-0.3, -0.25) is 4.79 Å². The van der Waals surface area contributed by atoms with Gasteiger partial charge in [-0.15, -0.1) is 0 Å². The molecule has 0 aliphatic heterocycles. The highest BCUT2D eigenvalue weighted by Gasteiger charge is 2.26. The van der Waals surface area contributed by atoms with Crippen molar-refractivity contribution in [2.24, 2.45) is 5.41 Å². The summed E-state index contributed by atoms with van der Waals surface area (Å²) in [5.41, 5.74) is 2.23. The van der Waals surface area contributed by atoms with Crippen LogP contribution in [0.1, 0.15) is 44.2 Å². The molecule has 0 saturated carbocycles. The molecule has 5 heteroatoms. The first-order valence-electron chi connectivity index (χ1n) is 11.6. The van der Waals surface area contributed by atoms with Crippen LogP contribution in [0.4, 0.5) is 0 Å². The summed E-state index contributed by atoms with van der Waals surface area (Å²) >= 11 is 0. The number of amides is 1. The second-order valence-corrected chi connectivity index (χ2v) is 9.76. The van der Waals surface area contributed by atoms with Gasteiger partial charge in [-0.05, 0) is 43.5 Å². The zero-order valence-electron chi connectivity index (χ0n) is 20.3. The fourth-order valence-corrected chi connectivity index (χ4v) is 4.26. The van der Waals surface area contributed by atoms with E-state index in [0.717, 1.165) is 30.6 Å². The van der Waals surface area contributed by atoms with Gasteiger partial charge in [0.25, 0.3) is 0 Å². The van der Waals surface area contributed by atoms with Crippen molar-refractivity contribution in [2.45, 2.75) is 51.7 Å². The lowest BCUT2D eigenvalue weighted by Crippen LogP contribution is -2.51. The number of hydrogen-bond acceptors (Lipinski definition) is 4. The number of hydrogen-bond donors (Lipinski definition) is 3. The van der Waals surface area contributed by atoms with E-state index in [9.17, 15) is 9.90 Å². The Bertz CT molecular complexity index is 793. The lowest BCUT2D eigenvalue weighted by atomic mass is 9.91. The maximum atomic E-state index is 12.9. The van der Waals surface area contributed by atoms with E-state index in [2.05, 4.69) is 55.6 Å². The molecule has 2 aromatic rings. The summed E-state index contributed by atoms with van der Waals surface area (Å²) in [5.74, 6) is -0.243. The minimum Gasteiger partial charge on any atom is -0.390 e. The van der Waals surface area contributed by atoms with Crippen molar-refractivity contribution in [3.8, 4) is 0 Å². The number of aliphatic hydroxyl groups excluding tert-OH is 1. The van der Waals surface area contributed by atoms with Crippen LogP contribution in [0.15, 0.2) is 60.7 Å². The van der Waals surface area contributed by atoms with Crippen molar-refractivity contribution in [2.75, 3.05) is 33.7 Å². The lowest BCUT2D eigenvalue weighted by molar-refractivity contribution is -0.123. The fraction of sp³-hybridized carbons (Fsp3) is 0.519. The van der Waals surface area contributed by atoms with Gasteiger partial charge in [-0.1, -0.05) is 81.4 Å². The zero-order valence-corrected chi connectivity index (χ0v) is 20.3. The van der Waals surface area contributed by atoms with Crippen LogP contribution in [0.2, 0.25) is 0 Å². The fourth-order valence-electron chi connectivity index (χ4n) is 4.26. The third-order valence-corrected chi connectivity index (χ3v) is 5.76. The van der Waals surface area contributed by atoms with E-state index >= 15 is 0 Å². The Morgan fingerprint density at radius 3 is 2.19 bits per heavy atom. The Balaban J connectivity index is 2.02. The van der Waals surface area contributed by atoms with Crippen LogP contribution in [0.3, 0.4) is 0 Å². The van der Waals surface area contributed by atoms with Gasteiger partial charge in [0.2, 0.25) is 5.91 Å². The summed E-state index contributed by atoms with van der Waals surface area (Å²) in [7, 11) is 4.15. The number of rotatable bonds is 13. The number of carbonyl (C=O) groups is 1. The quantitative estimate of drug-likeness (QED) is 0.447. The third kappa shape index (κ3) is 8.73. The van der Waals surface area contributed by atoms with Gasteiger partial charge in [0.15, 0.2) is 0 Å². The molecule has 0 spiro atoms. The maximum Gasteiger partial charge on any atom is 0.227 e. The van der Waals surface area contributed by atoms with Crippen LogP contribution in [-0.4, -0.2) is 61.8 Å². The topological polar surface area (TPSA) is 64.6 Å². The van der Waals surface area contributed by atoms with Gasteiger partial charge in [0.05, 0.1) is 12.0 Å². The molecule has 0 radical (unpaired) electrons. The Labute approximate surface area is 194 Å². The van der Waals surface area contributed by atoms with Crippen molar-refractivity contribution >= 4 is 5.91 Å². The molecular weight excluding hydrogens is 398 g/mol. The number of carbonyl (C=O) groups excluding carboxylic acids is 1. The molecule has 1 amide bonds. The van der Waals surface area contributed by atoms with E-state index < -0.39 is 6.10 Å². The zero-order chi connectivity index (χ0) is 23.6. The minimum atomic E-state index is -0.692. The van der Waals surface area contributed by atoms with Crippen molar-refractivity contribution in [3.63, 3.8) is 0 Å². The average molecular weight is 440 g/mol. The molecule has 0 heterocycles. The molecule has 0 saturated heterocycles. The minimum absolute atomic E-state index is 0.0378. The molecule has 0 aliphatic carbocycles. The Hall–Kier alpha value is -2.21. The van der Waals surface area contributed by atoms with E-state index in [1.807, 2.05) is 55.5 Å². The number of nitrogens with one attached hydrogen (secondary N) is 2. The third-order valence-electron chi connectivity index (χ3n) is 5.76. The molecule has 0 bridgehead atoms. The molecule has 0 fully saturated rings. The van der Waals surface area contributed by atoms with Crippen molar-refractivity contribution in [3.05, 3.63) is 71.8 Å². The van der Waals surface area contributed by atoms with Gasteiger partial charge in [0.1, 0.15) is 0 Å². The average Bonchev–Trinajstić information content (AvgIpc) is 2.76. The van der Waals surface area contributed by atoms with Crippen LogP contribution in [0.5, 0.6) is 0 Å². The number of nitrogens with zero attached hydrogens (tertiary/aromatic N) is 1. The van der Waals surface area contributed by atoms with Crippen molar-refractivity contribution in [1.29, 1.82) is 0 Å². The molecule has 2 rings (SSSR count). The van der Waals surface area contributed by atoms with Crippen LogP contribution < -0.4 is 10.6 Å². The van der Waals surface area contributed by atoms with Gasteiger partial charge in [-0.25, -0.2) is 0 Å². The van der Waals surface area contributed by atoms with E-state index in [1.54, 1.807) is 0 Å². The first kappa shape index (κ1) is 26.0. The Morgan fingerprint density at radius 2 is 1.62 bits per heavy atom. The predicted octanol–water partition coefficient (Wildman–Crippen LogP) is 3.45. The molecule has 5 nitrogen and oxygen atoms in total. The largest absolute Gasteiger partial charge is 0.390 e. The lowest BCUT2D eigenvalue weighted by Gasteiger charge is -2.33. The van der Waals surface area contributed by atoms with Crippen LogP contribution >= 0.6 is 0 Å². The van der Waals surface area contributed by atoms with E-state index in [4.69, 9.17) is 0 Å². The smallest absolute Gasteiger partial charge is 0.227 e. The molecule has 2 aromatic carbocycles. The van der Waals surface area contributed by atoms with Gasteiger partial charge < -0.3 is 20.6 Å². The summed E-state index contributed by atoms with van der Waals surface area (Å²) < 4.78 is 0. The van der Waals surface area contributed by atoms with Gasteiger partial charge >= 0.3 is 0 Å². The van der Waals surface area contributed by atoms with Crippen LogP contribution in [0, 0.1) is 5.41 Å². The Kier molecular flexibility index (Phi) is 10.4. The van der Waals surface area contributed by atoms with Gasteiger partial charge in [-0.2, -0.15) is 0 Å². The highest BCUT2D eigenvalue weighted by molar-refractivity contribution is 5.83. The summed E-state index contributed by atoms with van der Waals surface area (Å²) in [6.07, 6.45) is 0.727. The van der Waals surface area contributed by atoms with E-state index in [1.165, 1.54) is 0 Å². The predicted molar refractivity (Wildman–Crippen MR) is 133 cm³/mol. The molecule has 0 aliphatic rings. The first-order chi connectivity index (χ1) is 15.2. The van der Waals surface area contributed by atoms with Gasteiger partial charge in [0, 0.05) is 25.7 Å². The second kappa shape index (κ2) is 12.7. The molecule has 3 N–H and O–H groups in total. The SMILES string of the molecule is CCC(C(=O)NC[C@@H](O)C(Cc1ccccc1)NCC(C)(C)CN(C)C)c1ccccc1. The normalized spacial score (nSPS) is 14.7. The summed E-state index contributed by atoms with van der Waals surface area (Å²) in [4.78, 5) is 15.0. The maximum absolute atomic E-state index is 12.9. The molecular formula is C27H41N3O2. The van der Waals surface area contributed by atoms with E-state index in [0.29, 0.717) is 6.42 Å². The second-order valence-electron chi connectivity index (χ2n) is 9.76. The van der Waals surface area contributed by atoms with Crippen molar-refractivity contribution in [1.82, 2.24) is 15.5 Å².